The van der Waals surface area contributed by atoms with Crippen molar-refractivity contribution in [2.24, 2.45) is 11.7 Å². The third kappa shape index (κ3) is 4.85. The van der Waals surface area contributed by atoms with E-state index in [0.717, 1.165) is 10.5 Å². The van der Waals surface area contributed by atoms with Crippen LogP contribution >= 0.6 is 11.8 Å². The molecule has 1 aliphatic rings. The van der Waals surface area contributed by atoms with E-state index in [9.17, 15) is 18.8 Å². The molecule has 0 fully saturated rings. The molecule has 6 nitrogen and oxygen atoms in total. The average molecular weight is 387 g/mol. The van der Waals surface area contributed by atoms with Gasteiger partial charge in [-0.25, -0.2) is 4.39 Å². The molecular formula is C19H18FN3O3S. The Morgan fingerprint density at radius 2 is 1.96 bits per heavy atom. The summed E-state index contributed by atoms with van der Waals surface area (Å²) < 4.78 is 13.0. The molecular weight excluding hydrogens is 369 g/mol. The molecule has 0 saturated heterocycles. The smallest absolute Gasteiger partial charge is 0.251 e. The summed E-state index contributed by atoms with van der Waals surface area (Å²) in [4.78, 5) is 36.5. The van der Waals surface area contributed by atoms with Crippen LogP contribution in [0.3, 0.4) is 0 Å². The third-order valence-corrected chi connectivity index (χ3v) is 5.25. The summed E-state index contributed by atoms with van der Waals surface area (Å²) in [7, 11) is 0. The molecule has 4 N–H and O–H groups in total. The van der Waals surface area contributed by atoms with Crippen molar-refractivity contribution in [2.75, 3.05) is 17.6 Å². The molecule has 1 aliphatic heterocycles. The molecule has 3 amide bonds. The Hall–Kier alpha value is -2.87. The Bertz CT molecular complexity index is 886. The Labute approximate surface area is 159 Å². The number of carbonyl (C=O) groups excluding carboxylic acids is 3. The fourth-order valence-electron chi connectivity index (χ4n) is 2.72. The molecule has 0 aromatic heterocycles. The van der Waals surface area contributed by atoms with Gasteiger partial charge in [0.15, 0.2) is 0 Å². The second-order valence-electron chi connectivity index (χ2n) is 6.19. The zero-order valence-electron chi connectivity index (χ0n) is 14.3. The van der Waals surface area contributed by atoms with Crippen LogP contribution in [-0.2, 0) is 16.0 Å². The maximum atomic E-state index is 13.0. The molecule has 2 aromatic rings. The maximum absolute atomic E-state index is 13.0. The highest BCUT2D eigenvalue weighted by Crippen LogP contribution is 2.31. The van der Waals surface area contributed by atoms with Gasteiger partial charge in [-0.15, -0.1) is 11.8 Å². The number of benzene rings is 2. The topological polar surface area (TPSA) is 101 Å². The van der Waals surface area contributed by atoms with Gasteiger partial charge in [0, 0.05) is 17.0 Å². The first-order chi connectivity index (χ1) is 12.9. The van der Waals surface area contributed by atoms with E-state index >= 15 is 0 Å². The molecule has 0 bridgehead atoms. The lowest BCUT2D eigenvalue weighted by Crippen LogP contribution is -2.37. The van der Waals surface area contributed by atoms with E-state index in [0.29, 0.717) is 23.4 Å². The maximum Gasteiger partial charge on any atom is 0.251 e. The van der Waals surface area contributed by atoms with Crippen LogP contribution in [0.15, 0.2) is 47.4 Å². The van der Waals surface area contributed by atoms with E-state index in [4.69, 9.17) is 5.73 Å². The second kappa shape index (κ2) is 8.22. The molecule has 8 heteroatoms. The van der Waals surface area contributed by atoms with E-state index in [1.54, 1.807) is 30.3 Å². The van der Waals surface area contributed by atoms with E-state index < -0.39 is 11.8 Å². The van der Waals surface area contributed by atoms with Gasteiger partial charge in [-0.1, -0.05) is 12.1 Å². The number of hydrogen-bond donors (Lipinski definition) is 3. The summed E-state index contributed by atoms with van der Waals surface area (Å²) in [5.41, 5.74) is 7.16. The average Bonchev–Trinajstić information content (AvgIpc) is 2.65. The number of halogens is 1. The normalized spacial score (nSPS) is 14.0. The molecule has 1 heterocycles. The van der Waals surface area contributed by atoms with Gasteiger partial charge in [0.25, 0.3) is 5.91 Å². The number of hydrogen-bond acceptors (Lipinski definition) is 4. The standard InChI is InChI=1S/C19H18FN3O3S/c20-14-4-1-11(2-5-14)7-13(18(21)25)9-22-19(26)12-3-6-16-15(8-12)23-17(24)10-27-16/h1-6,8,13H,7,9-10H2,(H2,21,25)(H,22,26)(H,23,24). The largest absolute Gasteiger partial charge is 0.369 e. The lowest BCUT2D eigenvalue weighted by atomic mass is 9.98. The number of rotatable bonds is 6. The molecule has 2 aromatic carbocycles. The minimum atomic E-state index is -0.618. The SMILES string of the molecule is NC(=O)C(CNC(=O)c1ccc2c(c1)NC(=O)CS2)Cc1ccc(F)cc1. The first kappa shape index (κ1) is 18.9. The molecule has 0 radical (unpaired) electrons. The number of anilines is 1. The van der Waals surface area contributed by atoms with Crippen LogP contribution in [0, 0.1) is 11.7 Å². The monoisotopic (exact) mass is 387 g/mol. The van der Waals surface area contributed by atoms with Crippen molar-refractivity contribution in [1.29, 1.82) is 0 Å². The number of amides is 3. The molecule has 140 valence electrons. The zero-order valence-corrected chi connectivity index (χ0v) is 15.1. The fourth-order valence-corrected chi connectivity index (χ4v) is 3.51. The predicted octanol–water partition coefficient (Wildman–Crippen LogP) is 1.94. The first-order valence-corrected chi connectivity index (χ1v) is 9.29. The van der Waals surface area contributed by atoms with Crippen LogP contribution < -0.4 is 16.4 Å². The van der Waals surface area contributed by atoms with Gasteiger partial charge in [0.05, 0.1) is 17.4 Å². The number of thioether (sulfide) groups is 1. The predicted molar refractivity (Wildman–Crippen MR) is 101 cm³/mol. The van der Waals surface area contributed by atoms with E-state index in [-0.39, 0.29) is 24.2 Å². The quantitative estimate of drug-likeness (QED) is 0.705. The summed E-state index contributed by atoms with van der Waals surface area (Å²) in [6.45, 7) is 0.0593. The van der Waals surface area contributed by atoms with Gasteiger partial charge in [0.2, 0.25) is 11.8 Å². The summed E-state index contributed by atoms with van der Waals surface area (Å²) in [5.74, 6) is -1.66. The minimum Gasteiger partial charge on any atom is -0.369 e. The Kier molecular flexibility index (Phi) is 5.75. The lowest BCUT2D eigenvalue weighted by Gasteiger charge is -2.18. The summed E-state index contributed by atoms with van der Waals surface area (Å²) in [6, 6.07) is 10.8. The molecule has 0 spiro atoms. The number of nitrogens with one attached hydrogen (secondary N) is 2. The van der Waals surface area contributed by atoms with Crippen molar-refractivity contribution in [3.63, 3.8) is 0 Å². The molecule has 1 unspecified atom stereocenters. The van der Waals surface area contributed by atoms with Crippen LogP contribution in [0.1, 0.15) is 15.9 Å². The molecule has 27 heavy (non-hydrogen) atoms. The van der Waals surface area contributed by atoms with Crippen molar-refractivity contribution in [1.82, 2.24) is 5.32 Å². The summed E-state index contributed by atoms with van der Waals surface area (Å²) in [5, 5.41) is 5.43. The lowest BCUT2D eigenvalue weighted by molar-refractivity contribution is -0.121. The van der Waals surface area contributed by atoms with Crippen molar-refractivity contribution in [3.05, 3.63) is 59.4 Å². The summed E-state index contributed by atoms with van der Waals surface area (Å²) >= 11 is 1.41. The number of primary amides is 1. The van der Waals surface area contributed by atoms with Crippen LogP contribution in [0.4, 0.5) is 10.1 Å². The Morgan fingerprint density at radius 1 is 1.22 bits per heavy atom. The van der Waals surface area contributed by atoms with Crippen molar-refractivity contribution >= 4 is 35.2 Å². The Balaban J connectivity index is 1.64. The molecule has 1 atom stereocenters. The van der Waals surface area contributed by atoms with Gasteiger partial charge >= 0.3 is 0 Å². The van der Waals surface area contributed by atoms with Crippen LogP contribution in [0.2, 0.25) is 0 Å². The molecule has 0 saturated carbocycles. The highest BCUT2D eigenvalue weighted by molar-refractivity contribution is 8.00. The Morgan fingerprint density at radius 3 is 2.67 bits per heavy atom. The molecule has 3 rings (SSSR count). The van der Waals surface area contributed by atoms with Crippen LogP contribution in [-0.4, -0.2) is 30.0 Å². The van der Waals surface area contributed by atoms with Crippen LogP contribution in [0.25, 0.3) is 0 Å². The summed E-state index contributed by atoms with van der Waals surface area (Å²) in [6.07, 6.45) is 0.298. The van der Waals surface area contributed by atoms with Crippen LogP contribution in [0.5, 0.6) is 0 Å². The van der Waals surface area contributed by atoms with Gasteiger partial charge in [-0.05, 0) is 42.3 Å². The van der Waals surface area contributed by atoms with Gasteiger partial charge in [-0.3, -0.25) is 14.4 Å². The van der Waals surface area contributed by atoms with E-state index in [1.807, 2.05) is 0 Å². The van der Waals surface area contributed by atoms with Gasteiger partial charge < -0.3 is 16.4 Å². The van der Waals surface area contributed by atoms with Gasteiger partial charge in [0.1, 0.15) is 5.82 Å². The number of carbonyl (C=O) groups is 3. The van der Waals surface area contributed by atoms with Crippen molar-refractivity contribution < 1.29 is 18.8 Å². The fraction of sp³-hybridized carbons (Fsp3) is 0.211. The van der Waals surface area contributed by atoms with Crippen molar-refractivity contribution in [2.45, 2.75) is 11.3 Å². The van der Waals surface area contributed by atoms with E-state index in [2.05, 4.69) is 10.6 Å². The number of fused-ring (bicyclic) bond motifs is 1. The first-order valence-electron chi connectivity index (χ1n) is 8.31. The zero-order chi connectivity index (χ0) is 19.4. The van der Waals surface area contributed by atoms with Crippen molar-refractivity contribution in [3.8, 4) is 0 Å². The van der Waals surface area contributed by atoms with Gasteiger partial charge in [-0.2, -0.15) is 0 Å². The highest BCUT2D eigenvalue weighted by Gasteiger charge is 2.20. The molecule has 0 aliphatic carbocycles. The highest BCUT2D eigenvalue weighted by atomic mass is 32.2. The third-order valence-electron chi connectivity index (χ3n) is 4.18. The minimum absolute atomic E-state index is 0.0593. The van der Waals surface area contributed by atoms with E-state index in [1.165, 1.54) is 23.9 Å². The number of nitrogens with two attached hydrogens (primary N) is 1. The second-order valence-corrected chi connectivity index (χ2v) is 7.20.